The smallest absolute Gasteiger partial charge is 0.271 e. The molecular formula is C18H14N2O2S2. The summed E-state index contributed by atoms with van der Waals surface area (Å²) in [5.41, 5.74) is 1.99. The maximum Gasteiger partial charge on any atom is 0.271 e. The Morgan fingerprint density at radius 3 is 2.54 bits per heavy atom. The van der Waals surface area contributed by atoms with Crippen molar-refractivity contribution in [2.24, 2.45) is 0 Å². The van der Waals surface area contributed by atoms with Crippen LogP contribution in [0.4, 0.5) is 5.69 Å². The number of para-hydroxylation sites is 2. The number of carbonyl (C=O) groups excluding carboxylic acids is 1. The largest absolute Gasteiger partial charge is 0.437 e. The van der Waals surface area contributed by atoms with E-state index >= 15 is 0 Å². The monoisotopic (exact) mass is 354 g/mol. The van der Waals surface area contributed by atoms with Crippen molar-refractivity contribution in [3.63, 3.8) is 0 Å². The highest BCUT2D eigenvalue weighted by Crippen LogP contribution is 2.43. The molecule has 2 heterocycles. The number of anilines is 1. The summed E-state index contributed by atoms with van der Waals surface area (Å²) in [6.45, 7) is 0.471. The molecule has 0 aliphatic carbocycles. The Hall–Kier alpha value is -2.31. The summed E-state index contributed by atoms with van der Waals surface area (Å²) in [5.74, 6) is 1.19. The molecule has 4 nitrogen and oxygen atoms in total. The Kier molecular flexibility index (Phi) is 3.78. The zero-order chi connectivity index (χ0) is 16.7. The molecule has 6 heteroatoms. The van der Waals surface area contributed by atoms with Crippen molar-refractivity contribution in [3.05, 3.63) is 70.9 Å². The number of ether oxygens (including phenoxy) is 1. The van der Waals surface area contributed by atoms with Crippen molar-refractivity contribution in [2.45, 2.75) is 6.54 Å². The second-order valence-electron chi connectivity index (χ2n) is 5.51. The SMILES string of the molecule is CN1/C(=C2/SC(=S)N(Cc3ccccc3)C2=O)Oc2ccccc21. The number of thiocarbonyl (C=S) groups is 1. The second kappa shape index (κ2) is 5.96. The minimum atomic E-state index is -0.108. The first-order valence-corrected chi connectivity index (χ1v) is 8.70. The van der Waals surface area contributed by atoms with Gasteiger partial charge in [0.25, 0.3) is 5.91 Å². The first-order chi connectivity index (χ1) is 11.6. The number of benzene rings is 2. The molecule has 1 amide bonds. The van der Waals surface area contributed by atoms with Crippen LogP contribution in [0, 0.1) is 0 Å². The molecule has 2 aliphatic rings. The number of hydrogen-bond acceptors (Lipinski definition) is 5. The van der Waals surface area contributed by atoms with Crippen LogP contribution in [0.3, 0.4) is 0 Å². The molecule has 0 N–H and O–H groups in total. The standard InChI is InChI=1S/C18H14N2O2S2/c1-19-13-9-5-6-10-14(13)22-17(19)15-16(21)20(18(23)24-15)11-12-7-3-2-4-8-12/h2-10H,11H2,1H3/b17-15-. The lowest BCUT2D eigenvalue weighted by Crippen LogP contribution is -2.28. The minimum Gasteiger partial charge on any atom is -0.437 e. The van der Waals surface area contributed by atoms with Gasteiger partial charge < -0.3 is 9.64 Å². The number of hydrogen-bond donors (Lipinski definition) is 0. The minimum absolute atomic E-state index is 0.108. The first-order valence-electron chi connectivity index (χ1n) is 7.47. The Bertz CT molecular complexity index is 864. The third kappa shape index (κ3) is 2.48. The Morgan fingerprint density at radius 1 is 1.08 bits per heavy atom. The number of amides is 1. The molecule has 2 aromatic carbocycles. The van der Waals surface area contributed by atoms with Gasteiger partial charge in [-0.2, -0.15) is 0 Å². The maximum absolute atomic E-state index is 12.9. The molecule has 0 bridgehead atoms. The molecule has 0 atom stereocenters. The lowest BCUT2D eigenvalue weighted by molar-refractivity contribution is -0.122. The van der Waals surface area contributed by atoms with Crippen LogP contribution in [0.15, 0.2) is 65.4 Å². The Balaban J connectivity index is 1.65. The van der Waals surface area contributed by atoms with Gasteiger partial charge in [0, 0.05) is 7.05 Å². The van der Waals surface area contributed by atoms with Gasteiger partial charge in [-0.15, -0.1) is 0 Å². The average Bonchev–Trinajstić information content (AvgIpc) is 3.08. The van der Waals surface area contributed by atoms with Gasteiger partial charge in [0.15, 0.2) is 5.75 Å². The van der Waals surface area contributed by atoms with Crippen molar-refractivity contribution in [1.29, 1.82) is 0 Å². The third-order valence-electron chi connectivity index (χ3n) is 3.96. The van der Waals surface area contributed by atoms with Crippen LogP contribution < -0.4 is 9.64 Å². The molecule has 2 aromatic rings. The average molecular weight is 354 g/mol. The molecule has 0 aromatic heterocycles. The van der Waals surface area contributed by atoms with E-state index in [2.05, 4.69) is 0 Å². The van der Waals surface area contributed by atoms with Gasteiger partial charge in [0.1, 0.15) is 9.23 Å². The van der Waals surface area contributed by atoms with Crippen molar-refractivity contribution in [1.82, 2.24) is 4.90 Å². The molecule has 0 unspecified atom stereocenters. The van der Waals surface area contributed by atoms with Crippen LogP contribution in [0.2, 0.25) is 0 Å². The Morgan fingerprint density at radius 2 is 1.79 bits per heavy atom. The number of thioether (sulfide) groups is 1. The van der Waals surface area contributed by atoms with Crippen LogP contribution in [0.5, 0.6) is 5.75 Å². The van der Waals surface area contributed by atoms with Crippen LogP contribution in [0.1, 0.15) is 5.56 Å². The third-order valence-corrected chi connectivity index (χ3v) is 5.38. The highest BCUT2D eigenvalue weighted by Gasteiger charge is 2.39. The summed E-state index contributed by atoms with van der Waals surface area (Å²) in [5, 5.41) is 0. The fourth-order valence-electron chi connectivity index (χ4n) is 2.73. The zero-order valence-electron chi connectivity index (χ0n) is 12.9. The lowest BCUT2D eigenvalue weighted by atomic mass is 10.2. The van der Waals surface area contributed by atoms with Gasteiger partial charge in [-0.25, -0.2) is 0 Å². The van der Waals surface area contributed by atoms with Crippen LogP contribution in [-0.2, 0) is 11.3 Å². The maximum atomic E-state index is 12.9. The van der Waals surface area contributed by atoms with Crippen LogP contribution >= 0.6 is 24.0 Å². The van der Waals surface area contributed by atoms with E-state index in [9.17, 15) is 4.79 Å². The fourth-order valence-corrected chi connectivity index (χ4v) is 4.02. The lowest BCUT2D eigenvalue weighted by Gasteiger charge is -2.15. The number of carbonyl (C=O) groups is 1. The van der Waals surface area contributed by atoms with E-state index in [1.54, 1.807) is 4.90 Å². The fraction of sp³-hybridized carbons (Fsp3) is 0.111. The van der Waals surface area contributed by atoms with Gasteiger partial charge in [0.2, 0.25) is 5.88 Å². The summed E-state index contributed by atoms with van der Waals surface area (Å²) in [7, 11) is 1.89. The van der Waals surface area contributed by atoms with E-state index in [0.717, 1.165) is 17.0 Å². The van der Waals surface area contributed by atoms with Crippen molar-refractivity contribution < 1.29 is 9.53 Å². The Labute approximate surface area is 149 Å². The van der Waals surface area contributed by atoms with Gasteiger partial charge in [0.05, 0.1) is 12.2 Å². The van der Waals surface area contributed by atoms with Gasteiger partial charge in [-0.3, -0.25) is 9.69 Å². The van der Waals surface area contributed by atoms with Crippen LogP contribution in [-0.4, -0.2) is 22.2 Å². The van der Waals surface area contributed by atoms with Gasteiger partial charge in [-0.05, 0) is 29.5 Å². The number of nitrogens with zero attached hydrogens (tertiary/aromatic N) is 2. The van der Waals surface area contributed by atoms with E-state index in [-0.39, 0.29) is 5.91 Å². The van der Waals surface area contributed by atoms with E-state index in [0.29, 0.717) is 21.7 Å². The topological polar surface area (TPSA) is 32.8 Å². The predicted molar refractivity (Wildman–Crippen MR) is 99.7 cm³/mol. The molecular weight excluding hydrogens is 340 g/mol. The highest BCUT2D eigenvalue weighted by atomic mass is 32.2. The van der Waals surface area contributed by atoms with Crippen LogP contribution in [0.25, 0.3) is 0 Å². The quantitative estimate of drug-likeness (QED) is 0.606. The highest BCUT2D eigenvalue weighted by molar-refractivity contribution is 8.26. The summed E-state index contributed by atoms with van der Waals surface area (Å²) in [6.07, 6.45) is 0. The molecule has 1 fully saturated rings. The first kappa shape index (κ1) is 15.2. The molecule has 24 heavy (non-hydrogen) atoms. The summed E-state index contributed by atoms with van der Waals surface area (Å²) in [4.78, 5) is 16.9. The van der Waals surface area contributed by atoms with Crippen molar-refractivity contribution in [3.8, 4) is 5.75 Å². The molecule has 0 saturated carbocycles. The normalized spacial score (nSPS) is 19.7. The van der Waals surface area contributed by atoms with Gasteiger partial charge in [-0.1, -0.05) is 54.7 Å². The summed E-state index contributed by atoms with van der Waals surface area (Å²) >= 11 is 6.71. The van der Waals surface area contributed by atoms with Crippen molar-refractivity contribution >= 4 is 39.9 Å². The van der Waals surface area contributed by atoms with E-state index in [1.807, 2.05) is 66.5 Å². The van der Waals surface area contributed by atoms with Crippen molar-refractivity contribution in [2.75, 3.05) is 11.9 Å². The molecule has 4 rings (SSSR count). The second-order valence-corrected chi connectivity index (χ2v) is 7.15. The summed E-state index contributed by atoms with van der Waals surface area (Å²) in [6, 6.07) is 17.6. The van der Waals surface area contributed by atoms with E-state index < -0.39 is 0 Å². The van der Waals surface area contributed by atoms with E-state index in [4.69, 9.17) is 17.0 Å². The zero-order valence-corrected chi connectivity index (χ0v) is 14.6. The van der Waals surface area contributed by atoms with E-state index in [1.165, 1.54) is 11.8 Å². The molecule has 0 spiro atoms. The summed E-state index contributed by atoms with van der Waals surface area (Å²) < 4.78 is 6.45. The predicted octanol–water partition coefficient (Wildman–Crippen LogP) is 3.74. The number of fused-ring (bicyclic) bond motifs is 1. The molecule has 120 valence electrons. The molecule has 2 aliphatic heterocycles. The number of rotatable bonds is 2. The molecule has 0 radical (unpaired) electrons. The molecule has 1 saturated heterocycles. The van der Waals surface area contributed by atoms with Gasteiger partial charge >= 0.3 is 0 Å².